The summed E-state index contributed by atoms with van der Waals surface area (Å²) < 4.78 is 13.3. The highest BCUT2D eigenvalue weighted by molar-refractivity contribution is 5.79. The van der Waals surface area contributed by atoms with E-state index in [1.165, 1.54) is 0 Å². The molecule has 0 aromatic heterocycles. The van der Waals surface area contributed by atoms with E-state index in [0.717, 1.165) is 44.3 Å². The van der Waals surface area contributed by atoms with Gasteiger partial charge in [0, 0.05) is 30.5 Å². The highest BCUT2D eigenvalue weighted by atomic mass is 19.1. The Kier molecular flexibility index (Phi) is 5.24. The second kappa shape index (κ2) is 7.22. The number of amides is 1. The molecule has 0 spiro atoms. The summed E-state index contributed by atoms with van der Waals surface area (Å²) in [5, 5.41) is 0. The quantitative estimate of drug-likeness (QED) is 0.840. The molecule has 0 saturated carbocycles. The molecular weight excluding hydrogens is 303 g/mol. The van der Waals surface area contributed by atoms with Gasteiger partial charge in [0.1, 0.15) is 5.82 Å². The summed E-state index contributed by atoms with van der Waals surface area (Å²) in [7, 11) is 2.17. The molecule has 2 saturated heterocycles. The van der Waals surface area contributed by atoms with Crippen LogP contribution in [0.5, 0.6) is 0 Å². The lowest BCUT2D eigenvalue weighted by Crippen LogP contribution is -2.51. The lowest BCUT2D eigenvalue weighted by molar-refractivity contribution is -0.137. The number of piperidine rings is 1. The van der Waals surface area contributed by atoms with Crippen molar-refractivity contribution in [2.24, 2.45) is 5.92 Å². The SMILES string of the molecule is CCC(CC)C(=O)N1C[C@H](c2ccc(F)cc2)[C@@H]2[C@H]1CCCN2C. The molecule has 24 heavy (non-hydrogen) atoms. The summed E-state index contributed by atoms with van der Waals surface area (Å²) >= 11 is 0. The second-order valence-electron chi connectivity index (χ2n) is 7.34. The van der Waals surface area contributed by atoms with Crippen molar-refractivity contribution in [3.05, 3.63) is 35.6 Å². The average molecular weight is 332 g/mol. The summed E-state index contributed by atoms with van der Waals surface area (Å²) in [5.74, 6) is 0.522. The predicted molar refractivity (Wildman–Crippen MR) is 94.4 cm³/mol. The van der Waals surface area contributed by atoms with Crippen molar-refractivity contribution >= 4 is 5.91 Å². The van der Waals surface area contributed by atoms with Gasteiger partial charge in [-0.2, -0.15) is 0 Å². The number of likely N-dealkylation sites (N-methyl/N-ethyl adjacent to an activating group) is 1. The first-order valence-corrected chi connectivity index (χ1v) is 9.33. The molecule has 0 aliphatic carbocycles. The zero-order chi connectivity index (χ0) is 17.3. The van der Waals surface area contributed by atoms with Crippen LogP contribution in [-0.4, -0.2) is 47.9 Å². The number of hydrogen-bond donors (Lipinski definition) is 0. The van der Waals surface area contributed by atoms with E-state index in [1.54, 1.807) is 12.1 Å². The molecule has 1 aromatic rings. The Morgan fingerprint density at radius 2 is 1.92 bits per heavy atom. The number of hydrogen-bond acceptors (Lipinski definition) is 2. The minimum atomic E-state index is -0.199. The van der Waals surface area contributed by atoms with E-state index in [2.05, 4.69) is 30.7 Å². The molecule has 2 aliphatic rings. The van der Waals surface area contributed by atoms with E-state index in [4.69, 9.17) is 0 Å². The van der Waals surface area contributed by atoms with E-state index >= 15 is 0 Å². The average Bonchev–Trinajstić information content (AvgIpc) is 2.97. The highest BCUT2D eigenvalue weighted by Crippen LogP contribution is 2.40. The van der Waals surface area contributed by atoms with Crippen molar-refractivity contribution in [1.29, 1.82) is 0 Å². The molecule has 1 aromatic carbocycles. The minimum Gasteiger partial charge on any atom is -0.337 e. The van der Waals surface area contributed by atoms with Crippen molar-refractivity contribution in [1.82, 2.24) is 9.80 Å². The summed E-state index contributed by atoms with van der Waals surface area (Å²) in [6, 6.07) is 7.51. The van der Waals surface area contributed by atoms with Crippen molar-refractivity contribution in [2.75, 3.05) is 20.1 Å². The summed E-state index contributed by atoms with van der Waals surface area (Å²) in [6.07, 6.45) is 4.03. The van der Waals surface area contributed by atoms with Gasteiger partial charge in [0.25, 0.3) is 0 Å². The molecular formula is C20H29FN2O. The Hall–Kier alpha value is -1.42. The van der Waals surface area contributed by atoms with Gasteiger partial charge in [0.05, 0.1) is 0 Å². The maximum absolute atomic E-state index is 13.3. The van der Waals surface area contributed by atoms with E-state index in [-0.39, 0.29) is 17.7 Å². The molecule has 3 atom stereocenters. The van der Waals surface area contributed by atoms with Crippen LogP contribution in [0.1, 0.15) is 51.0 Å². The Bertz CT molecular complexity index is 570. The van der Waals surface area contributed by atoms with Crippen LogP contribution in [0.4, 0.5) is 4.39 Å². The Labute approximate surface area is 144 Å². The van der Waals surface area contributed by atoms with Crippen LogP contribution < -0.4 is 0 Å². The fraction of sp³-hybridized carbons (Fsp3) is 0.650. The zero-order valence-electron chi connectivity index (χ0n) is 15.0. The van der Waals surface area contributed by atoms with Crippen LogP contribution in [0.15, 0.2) is 24.3 Å². The number of nitrogens with zero attached hydrogens (tertiary/aromatic N) is 2. The van der Waals surface area contributed by atoms with Crippen LogP contribution in [0, 0.1) is 11.7 Å². The Morgan fingerprint density at radius 3 is 2.54 bits per heavy atom. The summed E-state index contributed by atoms with van der Waals surface area (Å²) in [4.78, 5) is 17.6. The van der Waals surface area contributed by atoms with Crippen LogP contribution in [-0.2, 0) is 4.79 Å². The third kappa shape index (κ3) is 3.08. The molecule has 4 heteroatoms. The molecule has 0 N–H and O–H groups in total. The standard InChI is InChI=1S/C20H29FN2O/c1-4-14(5-2)20(24)23-13-17(15-8-10-16(21)11-9-15)19-18(23)7-6-12-22(19)3/h8-11,14,17-19H,4-7,12-13H2,1-3H3/t17-,18-,19-/m1/s1. The number of rotatable bonds is 4. The van der Waals surface area contributed by atoms with Gasteiger partial charge in [0.15, 0.2) is 0 Å². The van der Waals surface area contributed by atoms with E-state index in [9.17, 15) is 9.18 Å². The van der Waals surface area contributed by atoms with Gasteiger partial charge in [-0.1, -0.05) is 26.0 Å². The van der Waals surface area contributed by atoms with E-state index in [1.807, 2.05) is 12.1 Å². The zero-order valence-corrected chi connectivity index (χ0v) is 15.0. The second-order valence-corrected chi connectivity index (χ2v) is 7.34. The molecule has 0 bridgehead atoms. The normalized spacial score (nSPS) is 27.5. The van der Waals surface area contributed by atoms with Gasteiger partial charge < -0.3 is 9.80 Å². The lowest BCUT2D eigenvalue weighted by Gasteiger charge is -2.40. The molecule has 2 heterocycles. The van der Waals surface area contributed by atoms with Crippen LogP contribution in [0.2, 0.25) is 0 Å². The summed E-state index contributed by atoms with van der Waals surface area (Å²) in [6.45, 7) is 6.04. The largest absolute Gasteiger partial charge is 0.337 e. The van der Waals surface area contributed by atoms with E-state index < -0.39 is 0 Å². The fourth-order valence-corrected chi connectivity index (χ4v) is 4.67. The maximum Gasteiger partial charge on any atom is 0.225 e. The molecule has 3 rings (SSSR count). The van der Waals surface area contributed by atoms with E-state index in [0.29, 0.717) is 18.0 Å². The van der Waals surface area contributed by atoms with Gasteiger partial charge >= 0.3 is 0 Å². The number of benzene rings is 1. The monoisotopic (exact) mass is 332 g/mol. The van der Waals surface area contributed by atoms with Gasteiger partial charge in [-0.3, -0.25) is 4.79 Å². The highest BCUT2D eigenvalue weighted by Gasteiger charge is 2.48. The number of carbonyl (C=O) groups is 1. The third-order valence-electron chi connectivity index (χ3n) is 6.04. The first-order chi connectivity index (χ1) is 11.6. The topological polar surface area (TPSA) is 23.6 Å². The first kappa shape index (κ1) is 17.4. The van der Waals surface area contributed by atoms with Gasteiger partial charge in [-0.05, 0) is 57.0 Å². The van der Waals surface area contributed by atoms with Gasteiger partial charge in [-0.25, -0.2) is 4.39 Å². The number of carbonyl (C=O) groups excluding carboxylic acids is 1. The number of likely N-dealkylation sites (tertiary alicyclic amines) is 2. The molecule has 1 amide bonds. The Balaban J connectivity index is 1.90. The molecule has 132 valence electrons. The number of halogens is 1. The van der Waals surface area contributed by atoms with Gasteiger partial charge in [-0.15, -0.1) is 0 Å². The maximum atomic E-state index is 13.3. The third-order valence-corrected chi connectivity index (χ3v) is 6.04. The first-order valence-electron chi connectivity index (χ1n) is 9.33. The summed E-state index contributed by atoms with van der Waals surface area (Å²) in [5.41, 5.74) is 1.15. The van der Waals surface area contributed by atoms with Crippen molar-refractivity contribution in [3.63, 3.8) is 0 Å². The number of fused-ring (bicyclic) bond motifs is 1. The predicted octanol–water partition coefficient (Wildman–Crippen LogP) is 3.65. The molecule has 0 unspecified atom stereocenters. The molecule has 3 nitrogen and oxygen atoms in total. The van der Waals surface area contributed by atoms with Crippen molar-refractivity contribution in [3.8, 4) is 0 Å². The molecule has 0 radical (unpaired) electrons. The minimum absolute atomic E-state index is 0.129. The lowest BCUT2D eigenvalue weighted by atomic mass is 9.86. The van der Waals surface area contributed by atoms with Crippen LogP contribution in [0.25, 0.3) is 0 Å². The molecule has 2 aliphatic heterocycles. The fourth-order valence-electron chi connectivity index (χ4n) is 4.67. The van der Waals surface area contributed by atoms with Crippen LogP contribution >= 0.6 is 0 Å². The molecule has 2 fully saturated rings. The van der Waals surface area contributed by atoms with Gasteiger partial charge in [0.2, 0.25) is 5.91 Å². The Morgan fingerprint density at radius 1 is 1.25 bits per heavy atom. The van der Waals surface area contributed by atoms with Crippen molar-refractivity contribution in [2.45, 2.75) is 57.5 Å². The van der Waals surface area contributed by atoms with Crippen molar-refractivity contribution < 1.29 is 9.18 Å². The van der Waals surface area contributed by atoms with Crippen LogP contribution in [0.3, 0.4) is 0 Å². The smallest absolute Gasteiger partial charge is 0.225 e.